The Morgan fingerprint density at radius 3 is 2.57 bits per heavy atom. The number of hydrogen-bond acceptors (Lipinski definition) is 5. The van der Waals surface area contributed by atoms with Crippen LogP contribution in [0.1, 0.15) is 20.9 Å². The minimum absolute atomic E-state index is 0.245. The maximum absolute atomic E-state index is 13.9. The van der Waals surface area contributed by atoms with Crippen molar-refractivity contribution in [2.24, 2.45) is 0 Å². The molecule has 2 aromatic carbocycles. The van der Waals surface area contributed by atoms with Gasteiger partial charge in [-0.05, 0) is 42.0 Å². The van der Waals surface area contributed by atoms with Gasteiger partial charge in [-0.3, -0.25) is 9.78 Å². The van der Waals surface area contributed by atoms with Gasteiger partial charge in [0, 0.05) is 18.3 Å². The van der Waals surface area contributed by atoms with E-state index in [2.05, 4.69) is 15.3 Å². The number of ether oxygens (including phenoxy) is 1. The third-order valence-corrected chi connectivity index (χ3v) is 5.35. The third kappa shape index (κ3) is 4.87. The molecule has 4 rings (SSSR count). The molecule has 0 aliphatic rings. The van der Waals surface area contributed by atoms with Crippen LogP contribution in [0.4, 0.5) is 4.39 Å². The van der Waals surface area contributed by atoms with Gasteiger partial charge in [0.2, 0.25) is 0 Å². The van der Waals surface area contributed by atoms with Gasteiger partial charge in [0.25, 0.3) is 5.91 Å². The van der Waals surface area contributed by atoms with Crippen LogP contribution in [0.2, 0.25) is 0 Å². The van der Waals surface area contributed by atoms with Gasteiger partial charge in [-0.2, -0.15) is 0 Å². The average molecular weight is 419 g/mol. The van der Waals surface area contributed by atoms with E-state index in [4.69, 9.17) is 4.74 Å². The summed E-state index contributed by atoms with van der Waals surface area (Å²) in [5, 5.41) is 3.34. The van der Waals surface area contributed by atoms with Crippen LogP contribution in [0, 0.1) is 5.82 Å². The molecular weight excluding hydrogens is 401 g/mol. The highest BCUT2D eigenvalue weighted by Gasteiger charge is 2.13. The molecule has 1 N–H and O–H groups in total. The van der Waals surface area contributed by atoms with Crippen LogP contribution in [-0.4, -0.2) is 15.9 Å². The van der Waals surface area contributed by atoms with Gasteiger partial charge in [-0.15, -0.1) is 11.3 Å². The standard InChI is InChI=1S/C23H18FN3O2S/c24-20-7-2-1-6-19(20)23-27-14-21(30-23)22(28)26-13-16-8-10-18(11-9-16)29-15-17-5-3-4-12-25-17/h1-12,14H,13,15H2,(H,26,28). The number of thiazole rings is 1. The number of halogens is 1. The molecule has 0 bridgehead atoms. The summed E-state index contributed by atoms with van der Waals surface area (Å²) in [6.45, 7) is 0.763. The van der Waals surface area contributed by atoms with Crippen LogP contribution >= 0.6 is 11.3 Å². The zero-order valence-corrected chi connectivity index (χ0v) is 16.7. The molecule has 0 spiro atoms. The lowest BCUT2D eigenvalue weighted by Crippen LogP contribution is -2.21. The van der Waals surface area contributed by atoms with Crippen molar-refractivity contribution in [3.8, 4) is 16.3 Å². The molecule has 30 heavy (non-hydrogen) atoms. The van der Waals surface area contributed by atoms with E-state index in [0.29, 0.717) is 28.6 Å². The molecule has 7 heteroatoms. The molecule has 5 nitrogen and oxygen atoms in total. The lowest BCUT2D eigenvalue weighted by Gasteiger charge is -2.07. The fourth-order valence-corrected chi connectivity index (χ4v) is 3.61. The summed E-state index contributed by atoms with van der Waals surface area (Å²) >= 11 is 1.16. The Bertz CT molecular complexity index is 1130. The number of hydrogen-bond donors (Lipinski definition) is 1. The molecule has 2 aromatic heterocycles. The number of aromatic nitrogens is 2. The summed E-state index contributed by atoms with van der Waals surface area (Å²) in [5.41, 5.74) is 2.18. The maximum Gasteiger partial charge on any atom is 0.263 e. The van der Waals surface area contributed by atoms with Crippen LogP contribution in [0.3, 0.4) is 0 Å². The Morgan fingerprint density at radius 2 is 1.80 bits per heavy atom. The second-order valence-corrected chi connectivity index (χ2v) is 7.48. The van der Waals surface area contributed by atoms with Crippen LogP contribution in [0.15, 0.2) is 79.1 Å². The molecule has 0 aliphatic carbocycles. The Morgan fingerprint density at radius 1 is 1.00 bits per heavy atom. The van der Waals surface area contributed by atoms with Crippen LogP contribution in [0.25, 0.3) is 10.6 Å². The predicted molar refractivity (Wildman–Crippen MR) is 114 cm³/mol. The molecule has 2 heterocycles. The van der Waals surface area contributed by atoms with E-state index in [1.807, 2.05) is 42.5 Å². The van der Waals surface area contributed by atoms with Gasteiger partial charge in [-0.1, -0.05) is 30.3 Å². The van der Waals surface area contributed by atoms with Crippen molar-refractivity contribution in [2.75, 3.05) is 0 Å². The minimum Gasteiger partial charge on any atom is -0.487 e. The Balaban J connectivity index is 1.31. The summed E-state index contributed by atoms with van der Waals surface area (Å²) in [6, 6.07) is 19.6. The molecule has 4 aromatic rings. The van der Waals surface area contributed by atoms with Gasteiger partial charge in [0.15, 0.2) is 0 Å². The van der Waals surface area contributed by atoms with Crippen LogP contribution in [0.5, 0.6) is 5.75 Å². The Hall–Kier alpha value is -3.58. The van der Waals surface area contributed by atoms with Crippen LogP contribution < -0.4 is 10.1 Å². The lowest BCUT2D eigenvalue weighted by molar-refractivity contribution is 0.0954. The first-order valence-corrected chi connectivity index (χ1v) is 10.1. The summed E-state index contributed by atoms with van der Waals surface area (Å²) in [4.78, 5) is 21.2. The normalized spacial score (nSPS) is 10.6. The quantitative estimate of drug-likeness (QED) is 0.465. The van der Waals surface area contributed by atoms with Gasteiger partial charge in [-0.25, -0.2) is 9.37 Å². The monoisotopic (exact) mass is 419 g/mol. The van der Waals surface area contributed by atoms with E-state index in [-0.39, 0.29) is 11.7 Å². The number of carbonyl (C=O) groups is 1. The van der Waals surface area contributed by atoms with E-state index < -0.39 is 0 Å². The average Bonchev–Trinajstić information content (AvgIpc) is 3.28. The fourth-order valence-electron chi connectivity index (χ4n) is 2.75. The van der Waals surface area contributed by atoms with Crippen molar-refractivity contribution >= 4 is 17.2 Å². The largest absolute Gasteiger partial charge is 0.487 e. The highest BCUT2D eigenvalue weighted by atomic mass is 32.1. The summed E-state index contributed by atoms with van der Waals surface area (Å²) in [7, 11) is 0. The fraction of sp³-hybridized carbons (Fsp3) is 0.0870. The lowest BCUT2D eigenvalue weighted by atomic mass is 10.2. The van der Waals surface area contributed by atoms with E-state index >= 15 is 0 Å². The third-order valence-electron chi connectivity index (χ3n) is 4.32. The number of amides is 1. The smallest absolute Gasteiger partial charge is 0.263 e. The first-order valence-electron chi connectivity index (χ1n) is 9.29. The molecule has 150 valence electrons. The zero-order chi connectivity index (χ0) is 20.8. The summed E-state index contributed by atoms with van der Waals surface area (Å²) < 4.78 is 19.6. The molecule has 0 unspecified atom stereocenters. The van der Waals surface area contributed by atoms with Gasteiger partial charge >= 0.3 is 0 Å². The molecule has 0 radical (unpaired) electrons. The molecular formula is C23H18FN3O2S. The molecule has 1 amide bonds. The van der Waals surface area contributed by atoms with Crippen molar-refractivity contribution in [1.82, 2.24) is 15.3 Å². The molecule has 0 atom stereocenters. The van der Waals surface area contributed by atoms with Crippen LogP contribution in [-0.2, 0) is 13.2 Å². The van der Waals surface area contributed by atoms with Crippen molar-refractivity contribution in [3.63, 3.8) is 0 Å². The predicted octanol–water partition coefficient (Wildman–Crippen LogP) is 4.85. The molecule has 0 saturated carbocycles. The van der Waals surface area contributed by atoms with Crippen molar-refractivity contribution in [1.29, 1.82) is 0 Å². The number of pyridine rings is 1. The highest BCUT2D eigenvalue weighted by Crippen LogP contribution is 2.27. The van der Waals surface area contributed by atoms with Crippen molar-refractivity contribution in [3.05, 3.63) is 101 Å². The Kier molecular flexibility index (Phi) is 6.10. The second-order valence-electron chi connectivity index (χ2n) is 6.45. The SMILES string of the molecule is O=C(NCc1ccc(OCc2ccccn2)cc1)c1cnc(-c2ccccc2F)s1. The summed E-state index contributed by atoms with van der Waals surface area (Å²) in [6.07, 6.45) is 3.20. The minimum atomic E-state index is -0.357. The molecule has 0 saturated heterocycles. The number of carbonyl (C=O) groups excluding carboxylic acids is 1. The topological polar surface area (TPSA) is 64.1 Å². The van der Waals surface area contributed by atoms with E-state index in [1.165, 1.54) is 12.3 Å². The van der Waals surface area contributed by atoms with E-state index in [9.17, 15) is 9.18 Å². The van der Waals surface area contributed by atoms with Gasteiger partial charge in [0.1, 0.15) is 28.1 Å². The maximum atomic E-state index is 13.9. The van der Waals surface area contributed by atoms with Crippen molar-refractivity contribution in [2.45, 2.75) is 13.2 Å². The van der Waals surface area contributed by atoms with E-state index in [0.717, 1.165) is 28.3 Å². The zero-order valence-electron chi connectivity index (χ0n) is 15.9. The number of rotatable bonds is 7. The highest BCUT2D eigenvalue weighted by molar-refractivity contribution is 7.16. The van der Waals surface area contributed by atoms with E-state index in [1.54, 1.807) is 24.4 Å². The van der Waals surface area contributed by atoms with Gasteiger partial charge in [0.05, 0.1) is 11.9 Å². The molecule has 0 fully saturated rings. The van der Waals surface area contributed by atoms with Gasteiger partial charge < -0.3 is 10.1 Å². The number of benzene rings is 2. The first kappa shape index (κ1) is 19.7. The summed E-state index contributed by atoms with van der Waals surface area (Å²) in [5.74, 6) is 0.127. The first-order chi connectivity index (χ1) is 14.7. The number of nitrogens with zero attached hydrogens (tertiary/aromatic N) is 2. The second kappa shape index (κ2) is 9.28. The van der Waals surface area contributed by atoms with Crippen molar-refractivity contribution < 1.29 is 13.9 Å². The molecule has 0 aliphatic heterocycles. The number of nitrogens with one attached hydrogen (secondary N) is 1. The Labute approximate surface area is 177 Å².